The summed E-state index contributed by atoms with van der Waals surface area (Å²) in [5, 5.41) is 3.90. The molecule has 0 saturated heterocycles. The van der Waals surface area contributed by atoms with Crippen LogP contribution in [0.25, 0.3) is 21.8 Å². The van der Waals surface area contributed by atoms with Gasteiger partial charge in [-0.15, -0.1) is 0 Å². The van der Waals surface area contributed by atoms with Crippen molar-refractivity contribution in [3.8, 4) is 5.75 Å². The van der Waals surface area contributed by atoms with Crippen molar-refractivity contribution in [1.82, 2.24) is 4.57 Å². The van der Waals surface area contributed by atoms with E-state index in [1.165, 1.54) is 21.8 Å². The minimum Gasteiger partial charge on any atom is -0.455 e. The molecule has 1 unspecified atom stereocenters. The number of nitrogens with zero attached hydrogens (tertiary/aromatic N) is 2. The Labute approximate surface area is 212 Å². The Morgan fingerprint density at radius 1 is 0.800 bits per heavy atom. The SMILES string of the molecule is CCn1c2ccccc2c2cc(P(=Nc3ccccc3Cl)(Oc3ccccc3)C(C)(C)C)ccc21. The van der Waals surface area contributed by atoms with Crippen molar-refractivity contribution in [2.75, 3.05) is 0 Å². The van der Waals surface area contributed by atoms with Gasteiger partial charge in [-0.05, 0) is 55.5 Å². The molecule has 0 fully saturated rings. The Kier molecular flexibility index (Phi) is 6.25. The lowest BCUT2D eigenvalue weighted by Gasteiger charge is -2.37. The average Bonchev–Trinajstić information content (AvgIpc) is 3.18. The molecule has 0 saturated carbocycles. The second kappa shape index (κ2) is 9.22. The molecule has 5 rings (SSSR count). The van der Waals surface area contributed by atoms with Crippen LogP contribution >= 0.6 is 18.9 Å². The molecule has 35 heavy (non-hydrogen) atoms. The lowest BCUT2D eigenvalue weighted by atomic mass is 10.1. The second-order valence-electron chi connectivity index (χ2n) is 9.67. The first-order chi connectivity index (χ1) is 16.8. The van der Waals surface area contributed by atoms with Gasteiger partial charge in [-0.2, -0.15) is 0 Å². The number of aromatic nitrogens is 1. The molecule has 0 aliphatic rings. The highest BCUT2D eigenvalue weighted by atomic mass is 35.5. The van der Waals surface area contributed by atoms with Gasteiger partial charge in [-0.3, -0.25) is 0 Å². The van der Waals surface area contributed by atoms with Gasteiger partial charge in [-0.25, -0.2) is 4.74 Å². The largest absolute Gasteiger partial charge is 0.455 e. The number of aryl methyl sites for hydroxylation is 1. The fraction of sp³-hybridized carbons (Fsp3) is 0.200. The zero-order valence-electron chi connectivity index (χ0n) is 20.6. The van der Waals surface area contributed by atoms with Crippen LogP contribution in [0.5, 0.6) is 5.75 Å². The van der Waals surface area contributed by atoms with Crippen LogP contribution < -0.4 is 9.83 Å². The first-order valence-corrected chi connectivity index (χ1v) is 14.0. The van der Waals surface area contributed by atoms with E-state index in [-0.39, 0.29) is 5.16 Å². The van der Waals surface area contributed by atoms with Crippen LogP contribution in [0, 0.1) is 0 Å². The number of halogens is 1. The fourth-order valence-electron chi connectivity index (χ4n) is 4.69. The van der Waals surface area contributed by atoms with Crippen LogP contribution in [0.1, 0.15) is 27.7 Å². The zero-order chi connectivity index (χ0) is 24.6. The highest BCUT2D eigenvalue weighted by molar-refractivity contribution is 7.71. The molecular weight excluding hydrogens is 471 g/mol. The van der Waals surface area contributed by atoms with E-state index in [4.69, 9.17) is 20.9 Å². The van der Waals surface area contributed by atoms with Crippen LogP contribution in [0.4, 0.5) is 5.69 Å². The summed E-state index contributed by atoms with van der Waals surface area (Å²) in [7, 11) is -2.65. The van der Waals surface area contributed by atoms with Gasteiger partial charge in [0.2, 0.25) is 0 Å². The summed E-state index contributed by atoms with van der Waals surface area (Å²) in [6, 6.07) is 33.1. The van der Waals surface area contributed by atoms with Crippen molar-refractivity contribution >= 4 is 51.7 Å². The summed E-state index contributed by atoms with van der Waals surface area (Å²) in [6.45, 7) is 9.74. The molecule has 1 atom stereocenters. The van der Waals surface area contributed by atoms with Gasteiger partial charge < -0.3 is 9.09 Å². The topological polar surface area (TPSA) is 26.5 Å². The smallest absolute Gasteiger partial charge is 0.173 e. The molecule has 0 aliphatic heterocycles. The van der Waals surface area contributed by atoms with Gasteiger partial charge in [0.25, 0.3) is 0 Å². The summed E-state index contributed by atoms with van der Waals surface area (Å²) >= 11 is 6.63. The second-order valence-corrected chi connectivity index (χ2v) is 13.5. The Morgan fingerprint density at radius 3 is 2.17 bits per heavy atom. The van der Waals surface area contributed by atoms with Crippen molar-refractivity contribution in [3.63, 3.8) is 0 Å². The van der Waals surface area contributed by atoms with E-state index in [1.54, 1.807) is 0 Å². The van der Waals surface area contributed by atoms with Crippen LogP contribution in [0.15, 0.2) is 102 Å². The summed E-state index contributed by atoms with van der Waals surface area (Å²) in [5.74, 6) is 0.808. The molecule has 0 aliphatic carbocycles. The molecule has 4 aromatic carbocycles. The lowest BCUT2D eigenvalue weighted by Crippen LogP contribution is -2.27. The Morgan fingerprint density at radius 2 is 1.46 bits per heavy atom. The van der Waals surface area contributed by atoms with E-state index < -0.39 is 7.28 Å². The minimum absolute atomic E-state index is 0.293. The third-order valence-corrected chi connectivity index (χ3v) is 10.5. The summed E-state index contributed by atoms with van der Waals surface area (Å²) in [6.07, 6.45) is 0. The molecule has 0 N–H and O–H groups in total. The maximum atomic E-state index is 6.98. The summed E-state index contributed by atoms with van der Waals surface area (Å²) < 4.78 is 14.7. The van der Waals surface area contributed by atoms with Crippen molar-refractivity contribution in [2.24, 2.45) is 4.74 Å². The highest BCUT2D eigenvalue weighted by Gasteiger charge is 2.39. The maximum Gasteiger partial charge on any atom is 0.173 e. The number of benzene rings is 4. The molecule has 0 amide bonds. The molecule has 178 valence electrons. The lowest BCUT2D eigenvalue weighted by molar-refractivity contribution is 0.571. The van der Waals surface area contributed by atoms with Gasteiger partial charge in [0, 0.05) is 38.8 Å². The highest BCUT2D eigenvalue weighted by Crippen LogP contribution is 2.62. The van der Waals surface area contributed by atoms with E-state index in [1.807, 2.05) is 54.6 Å². The van der Waals surface area contributed by atoms with E-state index in [0.29, 0.717) is 5.02 Å². The maximum absolute atomic E-state index is 6.98. The fourth-order valence-corrected chi connectivity index (χ4v) is 8.03. The number of hydrogen-bond donors (Lipinski definition) is 0. The van der Waals surface area contributed by atoms with Crippen molar-refractivity contribution in [2.45, 2.75) is 39.4 Å². The predicted octanol–water partition coefficient (Wildman–Crippen LogP) is 9.42. The van der Waals surface area contributed by atoms with Crippen LogP contribution in [-0.4, -0.2) is 9.72 Å². The number of para-hydroxylation sites is 2. The van der Waals surface area contributed by atoms with Gasteiger partial charge in [-0.1, -0.05) is 80.9 Å². The molecule has 5 heteroatoms. The van der Waals surface area contributed by atoms with Crippen LogP contribution in [0.3, 0.4) is 0 Å². The Balaban J connectivity index is 1.86. The molecule has 0 spiro atoms. The zero-order valence-corrected chi connectivity index (χ0v) is 22.2. The molecule has 1 heterocycles. The van der Waals surface area contributed by atoms with E-state index >= 15 is 0 Å². The van der Waals surface area contributed by atoms with E-state index in [2.05, 4.69) is 74.7 Å². The quantitative estimate of drug-likeness (QED) is 0.221. The van der Waals surface area contributed by atoms with Gasteiger partial charge in [0.15, 0.2) is 7.28 Å². The minimum atomic E-state index is -2.65. The monoisotopic (exact) mass is 500 g/mol. The third-order valence-electron chi connectivity index (χ3n) is 6.41. The molecule has 5 aromatic rings. The molecule has 0 bridgehead atoms. The molecule has 1 aromatic heterocycles. The molecule has 0 radical (unpaired) electrons. The Bertz CT molecular complexity index is 1560. The average molecular weight is 501 g/mol. The number of fused-ring (bicyclic) bond motifs is 3. The normalized spacial score (nSPS) is 13.6. The first kappa shape index (κ1) is 23.7. The Hall–Kier alpha value is -3.00. The van der Waals surface area contributed by atoms with Crippen LogP contribution in [-0.2, 0) is 6.54 Å². The predicted molar refractivity (Wildman–Crippen MR) is 152 cm³/mol. The van der Waals surface area contributed by atoms with Crippen molar-refractivity contribution in [1.29, 1.82) is 0 Å². The van der Waals surface area contributed by atoms with Gasteiger partial charge in [0.1, 0.15) is 5.75 Å². The van der Waals surface area contributed by atoms with Gasteiger partial charge in [0.05, 0.1) is 10.7 Å². The van der Waals surface area contributed by atoms with Crippen molar-refractivity contribution < 1.29 is 4.52 Å². The number of rotatable bonds is 5. The molecular formula is C30H30ClN2OP. The standard InChI is InChI=1S/C30H30ClN2OP/c1-5-33-28-18-12-9-15-24(28)25-21-23(19-20-29(25)33)35(30(2,3)4,34-22-13-7-6-8-14-22)32-27-17-11-10-16-26(27)31/h6-21H,5H2,1-4H3. The summed E-state index contributed by atoms with van der Waals surface area (Å²) in [4.78, 5) is 0. The first-order valence-electron chi connectivity index (χ1n) is 12.0. The van der Waals surface area contributed by atoms with Gasteiger partial charge >= 0.3 is 0 Å². The third kappa shape index (κ3) is 4.18. The van der Waals surface area contributed by atoms with Crippen LogP contribution in [0.2, 0.25) is 5.02 Å². The molecule has 3 nitrogen and oxygen atoms in total. The number of hydrogen-bond acceptors (Lipinski definition) is 2. The summed E-state index contributed by atoms with van der Waals surface area (Å²) in [5.41, 5.74) is 3.22. The van der Waals surface area contributed by atoms with E-state index in [9.17, 15) is 0 Å². The van der Waals surface area contributed by atoms with E-state index in [0.717, 1.165) is 23.3 Å². The van der Waals surface area contributed by atoms with Crippen molar-refractivity contribution in [3.05, 3.63) is 102 Å².